The summed E-state index contributed by atoms with van der Waals surface area (Å²) in [5.74, 6) is -1.44. The van der Waals surface area contributed by atoms with E-state index in [1.807, 2.05) is 27.7 Å². The quantitative estimate of drug-likeness (QED) is 0.724. The summed E-state index contributed by atoms with van der Waals surface area (Å²) in [5, 5.41) is 14.8. The molecule has 1 aliphatic heterocycles. The number of rotatable bonds is 5. The lowest BCUT2D eigenvalue weighted by Crippen LogP contribution is -2.47. The lowest BCUT2D eigenvalue weighted by atomic mass is 9.84. The number of carboxylic acids is 1. The second-order valence-corrected chi connectivity index (χ2v) is 7.06. The predicted molar refractivity (Wildman–Crippen MR) is 80.2 cm³/mol. The first-order valence-corrected chi connectivity index (χ1v) is 7.56. The van der Waals surface area contributed by atoms with Crippen molar-refractivity contribution in [1.82, 2.24) is 10.6 Å². The Morgan fingerprint density at radius 2 is 2.05 bits per heavy atom. The van der Waals surface area contributed by atoms with Gasteiger partial charge in [-0.05, 0) is 31.6 Å². The van der Waals surface area contributed by atoms with Crippen LogP contribution in [0.5, 0.6) is 0 Å². The average Bonchev–Trinajstić information content (AvgIpc) is 2.32. The maximum atomic E-state index is 11.9. The summed E-state index contributed by atoms with van der Waals surface area (Å²) in [6.07, 6.45) is 2.26. The van der Waals surface area contributed by atoms with Crippen molar-refractivity contribution in [3.63, 3.8) is 0 Å². The minimum absolute atomic E-state index is 0.0860. The van der Waals surface area contributed by atoms with Gasteiger partial charge in [0.1, 0.15) is 0 Å². The third kappa shape index (κ3) is 7.32. The maximum absolute atomic E-state index is 11.9. The Hall–Kier alpha value is -1.30. The van der Waals surface area contributed by atoms with Gasteiger partial charge in [-0.3, -0.25) is 4.79 Å². The molecule has 1 aliphatic rings. The van der Waals surface area contributed by atoms with Gasteiger partial charge in [-0.2, -0.15) is 0 Å². The van der Waals surface area contributed by atoms with Gasteiger partial charge in [-0.15, -0.1) is 0 Å². The number of urea groups is 1. The highest BCUT2D eigenvalue weighted by molar-refractivity contribution is 5.76. The fourth-order valence-electron chi connectivity index (χ4n) is 2.57. The highest BCUT2D eigenvalue weighted by Crippen LogP contribution is 2.24. The fourth-order valence-corrected chi connectivity index (χ4v) is 2.57. The third-order valence-corrected chi connectivity index (χ3v) is 3.54. The first kappa shape index (κ1) is 17.8. The van der Waals surface area contributed by atoms with E-state index < -0.39 is 11.9 Å². The molecule has 0 aromatic heterocycles. The number of ether oxygens (including phenoxy) is 1. The molecule has 6 nitrogen and oxygen atoms in total. The number of carboxylic acid groups (broad SMARTS) is 1. The molecular formula is C15H28N2O4. The van der Waals surface area contributed by atoms with E-state index in [0.717, 1.165) is 12.8 Å². The van der Waals surface area contributed by atoms with Gasteiger partial charge in [-0.1, -0.05) is 20.8 Å². The highest BCUT2D eigenvalue weighted by Gasteiger charge is 2.26. The minimum Gasteiger partial charge on any atom is -0.481 e. The molecule has 1 heterocycles. The number of hydrogen-bond donors (Lipinski definition) is 3. The Morgan fingerprint density at radius 3 is 2.57 bits per heavy atom. The summed E-state index contributed by atoms with van der Waals surface area (Å²) < 4.78 is 5.42. The van der Waals surface area contributed by atoms with Crippen LogP contribution in [0, 0.1) is 11.3 Å². The molecule has 0 aliphatic carbocycles. The van der Waals surface area contributed by atoms with Crippen LogP contribution < -0.4 is 10.6 Å². The first-order chi connectivity index (χ1) is 9.67. The van der Waals surface area contributed by atoms with Crippen molar-refractivity contribution in [2.24, 2.45) is 11.3 Å². The van der Waals surface area contributed by atoms with Crippen LogP contribution in [0.2, 0.25) is 0 Å². The van der Waals surface area contributed by atoms with Crippen molar-refractivity contribution in [1.29, 1.82) is 0 Å². The fraction of sp³-hybridized carbons (Fsp3) is 0.867. The second kappa shape index (κ2) is 7.64. The molecule has 0 aromatic carbocycles. The standard InChI is InChI=1S/C15H28N2O4/c1-10-7-12(5-6-21-10)17-14(20)16-9-11(13(18)19)8-15(2,3)4/h10-12H,5-9H2,1-4H3,(H,18,19)(H2,16,17,20). The summed E-state index contributed by atoms with van der Waals surface area (Å²) in [6, 6.07) is -0.200. The summed E-state index contributed by atoms with van der Waals surface area (Å²) in [4.78, 5) is 23.1. The van der Waals surface area contributed by atoms with Crippen molar-refractivity contribution in [3.05, 3.63) is 0 Å². The Morgan fingerprint density at radius 1 is 1.38 bits per heavy atom. The van der Waals surface area contributed by atoms with Gasteiger partial charge in [0.05, 0.1) is 12.0 Å². The Bertz CT molecular complexity index is 365. The van der Waals surface area contributed by atoms with Crippen LogP contribution >= 0.6 is 0 Å². The monoisotopic (exact) mass is 300 g/mol. The summed E-state index contributed by atoms with van der Waals surface area (Å²) in [7, 11) is 0. The van der Waals surface area contributed by atoms with Crippen LogP contribution in [0.4, 0.5) is 4.79 Å². The normalized spacial score (nSPS) is 24.2. The lowest BCUT2D eigenvalue weighted by molar-refractivity contribution is -0.142. The Kier molecular flexibility index (Phi) is 6.45. The van der Waals surface area contributed by atoms with Crippen LogP contribution in [0.1, 0.15) is 47.0 Å². The molecule has 3 N–H and O–H groups in total. The highest BCUT2D eigenvalue weighted by atomic mass is 16.5. The molecule has 0 bridgehead atoms. The van der Waals surface area contributed by atoms with Gasteiger partial charge < -0.3 is 20.5 Å². The molecule has 21 heavy (non-hydrogen) atoms. The van der Waals surface area contributed by atoms with Crippen LogP contribution in [0.3, 0.4) is 0 Å². The van der Waals surface area contributed by atoms with Crippen molar-refractivity contribution in [2.75, 3.05) is 13.2 Å². The van der Waals surface area contributed by atoms with E-state index in [4.69, 9.17) is 4.74 Å². The van der Waals surface area contributed by atoms with E-state index in [-0.39, 0.29) is 30.1 Å². The average molecular weight is 300 g/mol. The molecule has 6 heteroatoms. The molecule has 1 fully saturated rings. The van der Waals surface area contributed by atoms with E-state index in [1.54, 1.807) is 0 Å². The zero-order chi connectivity index (χ0) is 16.0. The number of carbonyl (C=O) groups excluding carboxylic acids is 1. The Labute approximate surface area is 126 Å². The van der Waals surface area contributed by atoms with Gasteiger partial charge in [-0.25, -0.2) is 4.79 Å². The van der Waals surface area contributed by atoms with Crippen molar-refractivity contribution >= 4 is 12.0 Å². The number of carbonyl (C=O) groups is 2. The molecule has 0 saturated carbocycles. The molecule has 1 rings (SSSR count). The van der Waals surface area contributed by atoms with Crippen LogP contribution in [-0.2, 0) is 9.53 Å². The number of nitrogens with one attached hydrogen (secondary N) is 2. The molecule has 0 spiro atoms. The summed E-state index contributed by atoms with van der Waals surface area (Å²) >= 11 is 0. The van der Waals surface area contributed by atoms with E-state index in [0.29, 0.717) is 13.0 Å². The largest absolute Gasteiger partial charge is 0.481 e. The SMILES string of the molecule is CC1CC(NC(=O)NCC(CC(C)(C)C)C(=O)O)CCO1. The van der Waals surface area contributed by atoms with Gasteiger partial charge in [0, 0.05) is 19.2 Å². The van der Waals surface area contributed by atoms with E-state index in [9.17, 15) is 14.7 Å². The van der Waals surface area contributed by atoms with Gasteiger partial charge in [0.25, 0.3) is 0 Å². The van der Waals surface area contributed by atoms with Gasteiger partial charge in [0.15, 0.2) is 0 Å². The van der Waals surface area contributed by atoms with Gasteiger partial charge in [0.2, 0.25) is 0 Å². The van der Waals surface area contributed by atoms with Crippen LogP contribution in [-0.4, -0.2) is 42.4 Å². The lowest BCUT2D eigenvalue weighted by Gasteiger charge is -2.28. The minimum atomic E-state index is -0.870. The molecular weight excluding hydrogens is 272 g/mol. The van der Waals surface area contributed by atoms with Crippen molar-refractivity contribution in [3.8, 4) is 0 Å². The molecule has 2 amide bonds. The third-order valence-electron chi connectivity index (χ3n) is 3.54. The van der Waals surface area contributed by atoms with Crippen molar-refractivity contribution in [2.45, 2.75) is 59.1 Å². The molecule has 3 unspecified atom stereocenters. The molecule has 0 aromatic rings. The first-order valence-electron chi connectivity index (χ1n) is 7.56. The zero-order valence-electron chi connectivity index (χ0n) is 13.4. The van der Waals surface area contributed by atoms with E-state index in [2.05, 4.69) is 10.6 Å². The van der Waals surface area contributed by atoms with Gasteiger partial charge >= 0.3 is 12.0 Å². The molecule has 0 radical (unpaired) electrons. The number of amides is 2. The summed E-state index contributed by atoms with van der Waals surface area (Å²) in [6.45, 7) is 8.76. The van der Waals surface area contributed by atoms with Crippen LogP contribution in [0.25, 0.3) is 0 Å². The molecule has 1 saturated heterocycles. The molecule has 122 valence electrons. The topological polar surface area (TPSA) is 87.7 Å². The number of aliphatic carboxylic acids is 1. The summed E-state index contributed by atoms with van der Waals surface area (Å²) in [5.41, 5.74) is -0.0860. The Balaban J connectivity index is 2.37. The van der Waals surface area contributed by atoms with Crippen molar-refractivity contribution < 1.29 is 19.4 Å². The van der Waals surface area contributed by atoms with E-state index in [1.165, 1.54) is 0 Å². The second-order valence-electron chi connectivity index (χ2n) is 7.06. The zero-order valence-corrected chi connectivity index (χ0v) is 13.4. The van der Waals surface area contributed by atoms with Crippen LogP contribution in [0.15, 0.2) is 0 Å². The maximum Gasteiger partial charge on any atom is 0.315 e. The smallest absolute Gasteiger partial charge is 0.315 e. The van der Waals surface area contributed by atoms with E-state index >= 15 is 0 Å². The molecule has 3 atom stereocenters. The predicted octanol–water partition coefficient (Wildman–Crippen LogP) is 1.99. The number of hydrogen-bond acceptors (Lipinski definition) is 3.